The van der Waals surface area contributed by atoms with E-state index in [1.807, 2.05) is 48.2 Å². The minimum atomic E-state index is 0.0440. The van der Waals surface area contributed by atoms with Gasteiger partial charge in [-0.1, -0.05) is 35.0 Å². The second-order valence-electron chi connectivity index (χ2n) is 5.99. The lowest BCUT2D eigenvalue weighted by Crippen LogP contribution is -2.45. The van der Waals surface area contributed by atoms with Crippen molar-refractivity contribution in [1.82, 2.24) is 9.88 Å². The molecule has 126 valence electrons. The van der Waals surface area contributed by atoms with E-state index in [0.717, 1.165) is 27.8 Å². The van der Waals surface area contributed by atoms with Crippen LogP contribution in [0.25, 0.3) is 11.3 Å². The number of amides is 1. The highest BCUT2D eigenvalue weighted by atomic mass is 79.9. The second-order valence-corrected chi connectivity index (χ2v) is 6.91. The minimum absolute atomic E-state index is 0.0440. The van der Waals surface area contributed by atoms with Gasteiger partial charge in [-0.2, -0.15) is 0 Å². The first-order chi connectivity index (χ1) is 11.6. The fraction of sp³-hybridized carbons (Fsp3) is 0.368. The number of benzene rings is 1. The van der Waals surface area contributed by atoms with Gasteiger partial charge < -0.3 is 9.64 Å². The summed E-state index contributed by atoms with van der Waals surface area (Å²) in [6.07, 6.45) is 1.06. The summed E-state index contributed by atoms with van der Waals surface area (Å²) >= 11 is 3.48. The molecule has 2 aromatic rings. The van der Waals surface area contributed by atoms with E-state index >= 15 is 0 Å². The Hall–Kier alpha value is -1.72. The van der Waals surface area contributed by atoms with Crippen LogP contribution in [0.15, 0.2) is 40.9 Å². The van der Waals surface area contributed by atoms with Gasteiger partial charge in [-0.3, -0.25) is 9.78 Å². The van der Waals surface area contributed by atoms with Crippen molar-refractivity contribution >= 4 is 21.8 Å². The number of aryl methyl sites for hydroxylation is 1. The molecule has 0 aliphatic carbocycles. The monoisotopic (exact) mass is 388 g/mol. The van der Waals surface area contributed by atoms with E-state index in [4.69, 9.17) is 4.74 Å². The Bertz CT molecular complexity index is 748. The van der Waals surface area contributed by atoms with Crippen molar-refractivity contribution in [3.63, 3.8) is 0 Å². The maximum Gasteiger partial charge on any atom is 0.255 e. The predicted octanol–water partition coefficient (Wildman–Crippen LogP) is 4.07. The molecule has 0 radical (unpaired) electrons. The Labute approximate surface area is 151 Å². The quantitative estimate of drug-likeness (QED) is 0.795. The van der Waals surface area contributed by atoms with E-state index < -0.39 is 0 Å². The van der Waals surface area contributed by atoms with Crippen LogP contribution in [-0.2, 0) is 4.74 Å². The molecule has 2 heterocycles. The van der Waals surface area contributed by atoms with Gasteiger partial charge in [0.05, 0.1) is 29.7 Å². The molecule has 4 nitrogen and oxygen atoms in total. The Morgan fingerprint density at radius 3 is 2.92 bits per heavy atom. The third kappa shape index (κ3) is 3.68. The number of nitrogens with zero attached hydrogens (tertiary/aromatic N) is 2. The number of halogens is 1. The number of ether oxygens (including phenoxy) is 1. The summed E-state index contributed by atoms with van der Waals surface area (Å²) in [5.74, 6) is 0.0440. The Morgan fingerprint density at radius 1 is 1.38 bits per heavy atom. The molecule has 1 aromatic heterocycles. The lowest BCUT2D eigenvalue weighted by Gasteiger charge is -2.32. The van der Waals surface area contributed by atoms with Gasteiger partial charge in [0.15, 0.2) is 0 Å². The highest BCUT2D eigenvalue weighted by Gasteiger charge is 2.25. The van der Waals surface area contributed by atoms with Crippen LogP contribution >= 0.6 is 15.9 Å². The molecular weight excluding hydrogens is 368 g/mol. The van der Waals surface area contributed by atoms with Gasteiger partial charge >= 0.3 is 0 Å². The van der Waals surface area contributed by atoms with Crippen molar-refractivity contribution in [3.8, 4) is 11.3 Å². The highest BCUT2D eigenvalue weighted by molar-refractivity contribution is 9.10. The van der Waals surface area contributed by atoms with Crippen molar-refractivity contribution in [3.05, 3.63) is 52.1 Å². The second kappa shape index (κ2) is 7.45. The summed E-state index contributed by atoms with van der Waals surface area (Å²) in [7, 11) is 0. The van der Waals surface area contributed by atoms with Crippen molar-refractivity contribution in [2.75, 3.05) is 19.7 Å². The predicted molar refractivity (Wildman–Crippen MR) is 98.0 cm³/mol. The van der Waals surface area contributed by atoms with Crippen LogP contribution in [0.3, 0.4) is 0 Å². The number of aromatic nitrogens is 1. The number of carbonyl (C=O) groups is 1. The Balaban J connectivity index is 1.83. The molecule has 24 heavy (non-hydrogen) atoms. The van der Waals surface area contributed by atoms with Crippen molar-refractivity contribution in [2.45, 2.75) is 26.4 Å². The van der Waals surface area contributed by atoms with Gasteiger partial charge in [0.2, 0.25) is 0 Å². The molecule has 5 heteroatoms. The SMILES string of the molecule is CCC1CN(C(=O)c2ccc(-c3cccc(Br)c3)nc2C)CCO1. The molecule has 1 fully saturated rings. The Morgan fingerprint density at radius 2 is 2.21 bits per heavy atom. The molecule has 1 unspecified atom stereocenters. The molecule has 0 spiro atoms. The van der Waals surface area contributed by atoms with Crippen LogP contribution in [0.4, 0.5) is 0 Å². The largest absolute Gasteiger partial charge is 0.375 e. The fourth-order valence-electron chi connectivity index (χ4n) is 2.92. The van der Waals surface area contributed by atoms with Crippen LogP contribution in [0, 0.1) is 6.92 Å². The van der Waals surface area contributed by atoms with Gasteiger partial charge in [-0.15, -0.1) is 0 Å². The lowest BCUT2D eigenvalue weighted by molar-refractivity contribution is -0.0226. The Kier molecular flexibility index (Phi) is 5.31. The molecule has 3 rings (SSSR count). The van der Waals surface area contributed by atoms with Gasteiger partial charge in [0.1, 0.15) is 0 Å². The standard InChI is InChI=1S/C19H21BrN2O2/c1-3-16-12-22(9-10-24-16)19(23)17-7-8-18(21-13(17)2)14-5-4-6-15(20)11-14/h4-8,11,16H,3,9-10,12H2,1-2H3. The van der Waals surface area contributed by atoms with Crippen LogP contribution in [0.1, 0.15) is 29.4 Å². The van der Waals surface area contributed by atoms with Crippen LogP contribution in [-0.4, -0.2) is 41.6 Å². The minimum Gasteiger partial charge on any atom is -0.375 e. The molecule has 1 aliphatic heterocycles. The van der Waals surface area contributed by atoms with Crippen molar-refractivity contribution in [1.29, 1.82) is 0 Å². The number of carbonyl (C=O) groups excluding carboxylic acids is 1. The lowest BCUT2D eigenvalue weighted by atomic mass is 10.1. The molecule has 1 aliphatic rings. The fourth-order valence-corrected chi connectivity index (χ4v) is 3.32. The first kappa shape index (κ1) is 17.1. The summed E-state index contributed by atoms with van der Waals surface area (Å²) in [4.78, 5) is 19.3. The maximum atomic E-state index is 12.8. The van der Waals surface area contributed by atoms with E-state index in [-0.39, 0.29) is 12.0 Å². The molecule has 1 amide bonds. The summed E-state index contributed by atoms with van der Waals surface area (Å²) in [5, 5.41) is 0. The molecule has 0 N–H and O–H groups in total. The number of pyridine rings is 1. The molecular formula is C19H21BrN2O2. The molecule has 1 saturated heterocycles. The summed E-state index contributed by atoms with van der Waals surface area (Å²) in [6, 6.07) is 11.8. The topological polar surface area (TPSA) is 42.4 Å². The molecule has 1 atom stereocenters. The molecule has 0 bridgehead atoms. The maximum absolute atomic E-state index is 12.8. The van der Waals surface area contributed by atoms with E-state index in [9.17, 15) is 4.79 Å². The number of hydrogen-bond acceptors (Lipinski definition) is 3. The van der Waals surface area contributed by atoms with Gasteiger partial charge in [-0.05, 0) is 37.6 Å². The number of morpholine rings is 1. The van der Waals surface area contributed by atoms with E-state index in [1.165, 1.54) is 0 Å². The first-order valence-corrected chi connectivity index (χ1v) is 9.02. The van der Waals surface area contributed by atoms with Gasteiger partial charge in [-0.25, -0.2) is 0 Å². The summed E-state index contributed by atoms with van der Waals surface area (Å²) < 4.78 is 6.66. The van der Waals surface area contributed by atoms with Crippen molar-refractivity contribution < 1.29 is 9.53 Å². The highest BCUT2D eigenvalue weighted by Crippen LogP contribution is 2.23. The molecule has 1 aromatic carbocycles. The van der Waals surface area contributed by atoms with E-state index in [1.54, 1.807) is 0 Å². The third-order valence-electron chi connectivity index (χ3n) is 4.32. The zero-order valence-corrected chi connectivity index (χ0v) is 15.5. The zero-order valence-electron chi connectivity index (χ0n) is 14.0. The third-order valence-corrected chi connectivity index (χ3v) is 4.81. The number of rotatable bonds is 3. The van der Waals surface area contributed by atoms with Gasteiger partial charge in [0, 0.05) is 23.1 Å². The summed E-state index contributed by atoms with van der Waals surface area (Å²) in [6.45, 7) is 5.88. The average Bonchev–Trinajstić information content (AvgIpc) is 2.61. The van der Waals surface area contributed by atoms with Crippen molar-refractivity contribution in [2.24, 2.45) is 0 Å². The van der Waals surface area contributed by atoms with Crippen LogP contribution < -0.4 is 0 Å². The van der Waals surface area contributed by atoms with E-state index in [2.05, 4.69) is 27.8 Å². The van der Waals surface area contributed by atoms with E-state index in [0.29, 0.717) is 25.3 Å². The normalized spacial score (nSPS) is 17.8. The zero-order chi connectivity index (χ0) is 17.1. The van der Waals surface area contributed by atoms with Crippen LogP contribution in [0.2, 0.25) is 0 Å². The average molecular weight is 389 g/mol. The summed E-state index contributed by atoms with van der Waals surface area (Å²) in [5.41, 5.74) is 3.34. The first-order valence-electron chi connectivity index (χ1n) is 8.23. The van der Waals surface area contributed by atoms with Crippen LogP contribution in [0.5, 0.6) is 0 Å². The number of hydrogen-bond donors (Lipinski definition) is 0. The van der Waals surface area contributed by atoms with Gasteiger partial charge in [0.25, 0.3) is 5.91 Å². The molecule has 0 saturated carbocycles. The smallest absolute Gasteiger partial charge is 0.255 e.